The number of esters is 2. The quantitative estimate of drug-likeness (QED) is 0.161. The lowest BCUT2D eigenvalue weighted by molar-refractivity contribution is -0.115. The van der Waals surface area contributed by atoms with Crippen LogP contribution in [0, 0.1) is 6.92 Å². The lowest BCUT2D eigenvalue weighted by Gasteiger charge is -2.26. The summed E-state index contributed by atoms with van der Waals surface area (Å²) in [6.07, 6.45) is 5.09. The molecule has 4 rings (SSSR count). The summed E-state index contributed by atoms with van der Waals surface area (Å²) in [5.41, 5.74) is 0.892. The van der Waals surface area contributed by atoms with Crippen LogP contribution in [0.5, 0.6) is 11.5 Å². The first kappa shape index (κ1) is 35.7. The lowest BCUT2D eigenvalue weighted by Crippen LogP contribution is -2.27. The average Bonchev–Trinajstić information content (AvgIpc) is 3.63. The van der Waals surface area contributed by atoms with Crippen molar-refractivity contribution >= 4 is 51.9 Å². The Kier molecular flexibility index (Phi) is 12.6. The predicted octanol–water partition coefficient (Wildman–Crippen LogP) is 5.57. The second kappa shape index (κ2) is 16.6. The number of ether oxygens (including phenoxy) is 4. The smallest absolute Gasteiger partial charge is 0.348 e. The van der Waals surface area contributed by atoms with Gasteiger partial charge in [-0.1, -0.05) is 31.0 Å². The highest BCUT2D eigenvalue weighted by atomic mass is 32.2. The number of anilines is 1. The van der Waals surface area contributed by atoms with Crippen LogP contribution in [-0.2, 0) is 20.8 Å². The maximum absolute atomic E-state index is 13.5. The number of hydrogen-bond donors (Lipinski definition) is 2. The third-order valence-electron chi connectivity index (χ3n) is 7.67. The van der Waals surface area contributed by atoms with E-state index in [9.17, 15) is 19.2 Å². The highest BCUT2D eigenvalue weighted by Gasteiger charge is 2.30. The number of methoxy groups -OCH3 is 2. The zero-order valence-electron chi connectivity index (χ0n) is 27.5. The summed E-state index contributed by atoms with van der Waals surface area (Å²) in [4.78, 5) is 52.2. The maximum atomic E-state index is 13.5. The minimum atomic E-state index is -0.656. The van der Waals surface area contributed by atoms with E-state index in [1.807, 2.05) is 4.57 Å². The monoisotopic (exact) mass is 687 g/mol. The second-order valence-corrected chi connectivity index (χ2v) is 13.1. The van der Waals surface area contributed by atoms with E-state index in [1.54, 1.807) is 45.9 Å². The first-order chi connectivity index (χ1) is 22.6. The van der Waals surface area contributed by atoms with Crippen molar-refractivity contribution in [2.75, 3.05) is 32.8 Å². The van der Waals surface area contributed by atoms with Crippen LogP contribution < -0.4 is 20.1 Å². The molecule has 0 bridgehead atoms. The molecule has 254 valence electrons. The highest BCUT2D eigenvalue weighted by molar-refractivity contribution is 8.00. The summed E-state index contributed by atoms with van der Waals surface area (Å²) in [7, 11) is 3.04. The fourth-order valence-electron chi connectivity index (χ4n) is 5.28. The largest absolute Gasteiger partial charge is 0.497 e. The number of carbonyl (C=O) groups excluding carboxylic acids is 4. The van der Waals surface area contributed by atoms with E-state index in [0.29, 0.717) is 33.6 Å². The Balaban J connectivity index is 1.54. The van der Waals surface area contributed by atoms with Crippen molar-refractivity contribution in [3.05, 3.63) is 45.6 Å². The molecule has 1 fully saturated rings. The standard InChI is InChI=1S/C32H41N5O8S2/c1-7-44-30(40)25-18(3)26(31(41)45-8-2)47-29(25)34-27(38)19(4)46-32-36-35-24(37(32)21-12-10-9-11-13-21)17-33-28(39)20-14-22(42-5)16-23(15-20)43-6/h14-16,19,21H,7-13,17H2,1-6H3,(H,33,39)(H,34,38)/t19-/m1/s1. The molecule has 2 aromatic heterocycles. The second-order valence-electron chi connectivity index (χ2n) is 10.8. The first-order valence-corrected chi connectivity index (χ1v) is 17.2. The van der Waals surface area contributed by atoms with E-state index in [-0.39, 0.29) is 47.1 Å². The summed E-state index contributed by atoms with van der Waals surface area (Å²) < 4.78 is 23.0. The molecule has 15 heteroatoms. The highest BCUT2D eigenvalue weighted by Crippen LogP contribution is 2.37. The van der Waals surface area contributed by atoms with Crippen molar-refractivity contribution in [1.29, 1.82) is 0 Å². The van der Waals surface area contributed by atoms with Gasteiger partial charge in [0.15, 0.2) is 11.0 Å². The number of hydrogen-bond acceptors (Lipinski definition) is 12. The molecule has 47 heavy (non-hydrogen) atoms. The van der Waals surface area contributed by atoms with Crippen LogP contribution in [-0.4, -0.2) is 71.2 Å². The summed E-state index contributed by atoms with van der Waals surface area (Å²) in [5, 5.41) is 14.7. The lowest BCUT2D eigenvalue weighted by atomic mass is 9.95. The number of carbonyl (C=O) groups is 4. The van der Waals surface area contributed by atoms with Crippen molar-refractivity contribution < 1.29 is 38.1 Å². The SMILES string of the molecule is CCOC(=O)c1sc(NC(=O)[C@@H](C)Sc2nnc(CNC(=O)c3cc(OC)cc(OC)c3)n2C2CCCCC2)c(C(=O)OCC)c1C. The van der Waals surface area contributed by atoms with Gasteiger partial charge in [0.2, 0.25) is 5.91 Å². The summed E-state index contributed by atoms with van der Waals surface area (Å²) in [6.45, 7) is 7.16. The third kappa shape index (κ3) is 8.63. The number of amides is 2. The molecule has 0 saturated heterocycles. The molecule has 1 atom stereocenters. The summed E-state index contributed by atoms with van der Waals surface area (Å²) in [5.74, 6) is -0.360. The van der Waals surface area contributed by atoms with E-state index < -0.39 is 23.1 Å². The molecule has 1 aromatic carbocycles. The molecule has 1 saturated carbocycles. The van der Waals surface area contributed by atoms with Gasteiger partial charge in [-0.3, -0.25) is 9.59 Å². The number of rotatable bonds is 14. The van der Waals surface area contributed by atoms with Gasteiger partial charge in [0.05, 0.1) is 44.8 Å². The molecule has 1 aliphatic carbocycles. The maximum Gasteiger partial charge on any atom is 0.348 e. The number of thioether (sulfide) groups is 1. The Hall–Kier alpha value is -4.11. The molecule has 1 aliphatic rings. The molecule has 0 radical (unpaired) electrons. The number of aromatic nitrogens is 3. The van der Waals surface area contributed by atoms with Crippen LogP contribution in [0.3, 0.4) is 0 Å². The van der Waals surface area contributed by atoms with Gasteiger partial charge >= 0.3 is 11.9 Å². The number of benzene rings is 1. The normalized spacial score (nSPS) is 13.8. The van der Waals surface area contributed by atoms with Crippen LogP contribution in [0.15, 0.2) is 23.4 Å². The van der Waals surface area contributed by atoms with Gasteiger partial charge < -0.3 is 34.1 Å². The van der Waals surface area contributed by atoms with Gasteiger partial charge in [0.25, 0.3) is 5.91 Å². The molecular formula is C32H41N5O8S2. The number of thiophene rings is 1. The van der Waals surface area contributed by atoms with Crippen molar-refractivity contribution in [2.24, 2.45) is 0 Å². The Morgan fingerprint density at radius 1 is 0.979 bits per heavy atom. The van der Waals surface area contributed by atoms with E-state index >= 15 is 0 Å². The molecule has 2 N–H and O–H groups in total. The van der Waals surface area contributed by atoms with Gasteiger partial charge in [-0.05, 0) is 58.2 Å². The minimum Gasteiger partial charge on any atom is -0.497 e. The van der Waals surface area contributed by atoms with E-state index in [2.05, 4.69) is 20.8 Å². The zero-order valence-corrected chi connectivity index (χ0v) is 29.1. The number of nitrogens with zero attached hydrogens (tertiary/aromatic N) is 3. The van der Waals surface area contributed by atoms with Gasteiger partial charge in [0.1, 0.15) is 21.4 Å². The van der Waals surface area contributed by atoms with Crippen LogP contribution >= 0.6 is 23.1 Å². The van der Waals surface area contributed by atoms with Gasteiger partial charge in [0, 0.05) is 17.7 Å². The van der Waals surface area contributed by atoms with E-state index in [4.69, 9.17) is 18.9 Å². The summed E-state index contributed by atoms with van der Waals surface area (Å²) >= 11 is 2.21. The molecule has 0 spiro atoms. The minimum absolute atomic E-state index is 0.114. The fraction of sp³-hybridized carbons (Fsp3) is 0.500. The fourth-order valence-corrected chi connectivity index (χ4v) is 7.31. The van der Waals surface area contributed by atoms with Crippen LogP contribution in [0.2, 0.25) is 0 Å². The molecule has 2 amide bonds. The van der Waals surface area contributed by atoms with Crippen LogP contribution in [0.4, 0.5) is 5.00 Å². The van der Waals surface area contributed by atoms with Gasteiger partial charge in [-0.25, -0.2) is 9.59 Å². The molecular weight excluding hydrogens is 647 g/mol. The van der Waals surface area contributed by atoms with Gasteiger partial charge in [-0.15, -0.1) is 21.5 Å². The Morgan fingerprint density at radius 2 is 1.62 bits per heavy atom. The number of nitrogens with one attached hydrogen (secondary N) is 2. The average molecular weight is 688 g/mol. The molecule has 13 nitrogen and oxygen atoms in total. The molecule has 3 aromatic rings. The summed E-state index contributed by atoms with van der Waals surface area (Å²) in [6, 6.07) is 5.06. The predicted molar refractivity (Wildman–Crippen MR) is 178 cm³/mol. The Bertz CT molecular complexity index is 1580. The third-order valence-corrected chi connectivity index (χ3v) is 9.92. The zero-order chi connectivity index (χ0) is 34.1. The topological polar surface area (TPSA) is 160 Å². The molecule has 2 heterocycles. The molecule has 0 unspecified atom stereocenters. The van der Waals surface area contributed by atoms with Crippen molar-refractivity contribution in [3.8, 4) is 11.5 Å². The van der Waals surface area contributed by atoms with Crippen molar-refractivity contribution in [1.82, 2.24) is 20.1 Å². The Morgan fingerprint density at radius 3 is 2.23 bits per heavy atom. The molecule has 0 aliphatic heterocycles. The first-order valence-electron chi connectivity index (χ1n) is 15.5. The van der Waals surface area contributed by atoms with E-state index in [0.717, 1.165) is 43.4 Å². The Labute approximate surface area is 282 Å². The van der Waals surface area contributed by atoms with Gasteiger partial charge in [-0.2, -0.15) is 0 Å². The van der Waals surface area contributed by atoms with Crippen molar-refractivity contribution in [3.63, 3.8) is 0 Å². The van der Waals surface area contributed by atoms with E-state index in [1.165, 1.54) is 26.0 Å². The van der Waals surface area contributed by atoms with Crippen LogP contribution in [0.25, 0.3) is 0 Å². The van der Waals surface area contributed by atoms with Crippen LogP contribution in [0.1, 0.15) is 101 Å². The van der Waals surface area contributed by atoms with Crippen molar-refractivity contribution in [2.45, 2.75) is 82.8 Å².